The van der Waals surface area contributed by atoms with Crippen molar-refractivity contribution in [1.82, 2.24) is 9.97 Å². The summed E-state index contributed by atoms with van der Waals surface area (Å²) < 4.78 is 1.05. The molecule has 0 aliphatic heterocycles. The third-order valence-corrected chi connectivity index (χ3v) is 3.48. The van der Waals surface area contributed by atoms with Crippen molar-refractivity contribution in [3.63, 3.8) is 0 Å². The van der Waals surface area contributed by atoms with Crippen LogP contribution in [0, 0.1) is 13.8 Å². The summed E-state index contributed by atoms with van der Waals surface area (Å²) in [6.45, 7) is 8.06. The second-order valence-corrected chi connectivity index (χ2v) is 6.85. The fourth-order valence-corrected chi connectivity index (χ4v) is 2.49. The molecule has 0 aliphatic carbocycles. The number of aryl methyl sites for hydroxylation is 2. The summed E-state index contributed by atoms with van der Waals surface area (Å²) in [5, 5.41) is 0. The summed E-state index contributed by atoms with van der Waals surface area (Å²) in [6, 6.07) is 8.23. The number of nitrogens with zero attached hydrogens (tertiary/aromatic N) is 2. The molecule has 0 saturated heterocycles. The van der Waals surface area contributed by atoms with Gasteiger partial charge in [-0.1, -0.05) is 22.0 Å². The molecule has 1 aromatic carbocycles. The van der Waals surface area contributed by atoms with E-state index < -0.39 is 0 Å². The smallest absolute Gasteiger partial charge is 0.131 e. The Labute approximate surface area is 128 Å². The SMILES string of the molecule is Cc1cc(-c2cc(Br)ccc2C)nc(CC(C)(C)N)n1. The summed E-state index contributed by atoms with van der Waals surface area (Å²) in [5.74, 6) is 0.798. The summed E-state index contributed by atoms with van der Waals surface area (Å²) in [7, 11) is 0. The molecule has 4 heteroatoms. The van der Waals surface area contributed by atoms with Gasteiger partial charge in [0, 0.05) is 27.7 Å². The van der Waals surface area contributed by atoms with E-state index >= 15 is 0 Å². The lowest BCUT2D eigenvalue weighted by molar-refractivity contribution is 0.502. The van der Waals surface area contributed by atoms with Gasteiger partial charge >= 0.3 is 0 Å². The Kier molecular flexibility index (Phi) is 4.25. The first-order chi connectivity index (χ1) is 9.24. The van der Waals surface area contributed by atoms with Crippen LogP contribution in [0.3, 0.4) is 0 Å². The van der Waals surface area contributed by atoms with Gasteiger partial charge in [0.2, 0.25) is 0 Å². The molecular weight excluding hydrogens is 314 g/mol. The average Bonchev–Trinajstić information content (AvgIpc) is 2.29. The molecule has 0 aliphatic rings. The van der Waals surface area contributed by atoms with E-state index in [9.17, 15) is 0 Å². The van der Waals surface area contributed by atoms with E-state index in [0.29, 0.717) is 6.42 Å². The standard InChI is InChI=1S/C16H20BrN3/c1-10-5-6-12(17)8-13(10)14-7-11(2)19-15(20-14)9-16(3,4)18/h5-8H,9,18H2,1-4H3. The van der Waals surface area contributed by atoms with Crippen LogP contribution in [-0.4, -0.2) is 15.5 Å². The van der Waals surface area contributed by atoms with Crippen LogP contribution in [0.4, 0.5) is 0 Å². The highest BCUT2D eigenvalue weighted by Crippen LogP contribution is 2.26. The Morgan fingerprint density at radius 3 is 2.50 bits per heavy atom. The van der Waals surface area contributed by atoms with E-state index in [4.69, 9.17) is 5.73 Å². The van der Waals surface area contributed by atoms with E-state index in [1.807, 2.05) is 32.9 Å². The lowest BCUT2D eigenvalue weighted by atomic mass is 10.0. The van der Waals surface area contributed by atoms with Gasteiger partial charge < -0.3 is 5.73 Å². The van der Waals surface area contributed by atoms with E-state index in [1.54, 1.807) is 0 Å². The van der Waals surface area contributed by atoms with Crippen LogP contribution in [-0.2, 0) is 6.42 Å². The highest BCUT2D eigenvalue weighted by atomic mass is 79.9. The fourth-order valence-electron chi connectivity index (χ4n) is 2.12. The van der Waals surface area contributed by atoms with E-state index in [1.165, 1.54) is 5.56 Å². The first kappa shape index (κ1) is 15.1. The number of rotatable bonds is 3. The monoisotopic (exact) mass is 333 g/mol. The summed E-state index contributed by atoms with van der Waals surface area (Å²) in [5.41, 5.74) is 10.0. The maximum Gasteiger partial charge on any atom is 0.131 e. The molecule has 0 amide bonds. The van der Waals surface area contributed by atoms with Crippen molar-refractivity contribution >= 4 is 15.9 Å². The largest absolute Gasteiger partial charge is 0.325 e. The van der Waals surface area contributed by atoms with Crippen molar-refractivity contribution in [1.29, 1.82) is 0 Å². The van der Waals surface area contributed by atoms with E-state index in [0.717, 1.165) is 27.2 Å². The Hall–Kier alpha value is -1.26. The van der Waals surface area contributed by atoms with Crippen LogP contribution >= 0.6 is 15.9 Å². The molecule has 0 atom stereocenters. The molecule has 0 saturated carbocycles. The first-order valence-electron chi connectivity index (χ1n) is 6.64. The van der Waals surface area contributed by atoms with Crippen LogP contribution in [0.2, 0.25) is 0 Å². The normalized spacial score (nSPS) is 11.7. The zero-order valence-electron chi connectivity index (χ0n) is 12.4. The molecule has 106 valence electrons. The van der Waals surface area contributed by atoms with Gasteiger partial charge in [0.25, 0.3) is 0 Å². The predicted molar refractivity (Wildman–Crippen MR) is 86.6 cm³/mol. The Balaban J connectivity index is 2.49. The average molecular weight is 334 g/mol. The van der Waals surface area contributed by atoms with Crippen molar-refractivity contribution in [3.05, 3.63) is 45.8 Å². The zero-order chi connectivity index (χ0) is 14.9. The second-order valence-electron chi connectivity index (χ2n) is 5.94. The number of benzene rings is 1. The summed E-state index contributed by atoms with van der Waals surface area (Å²) in [6.07, 6.45) is 0.661. The molecule has 0 unspecified atom stereocenters. The third kappa shape index (κ3) is 3.87. The molecule has 1 heterocycles. The van der Waals surface area contributed by atoms with Crippen LogP contribution < -0.4 is 5.73 Å². The van der Waals surface area contributed by atoms with Gasteiger partial charge in [-0.25, -0.2) is 9.97 Å². The minimum atomic E-state index is -0.308. The highest BCUT2D eigenvalue weighted by Gasteiger charge is 2.15. The van der Waals surface area contributed by atoms with Crippen LogP contribution in [0.15, 0.2) is 28.7 Å². The predicted octanol–water partition coefficient (Wildman–Crippen LogP) is 3.80. The molecule has 0 radical (unpaired) electrons. The molecule has 20 heavy (non-hydrogen) atoms. The zero-order valence-corrected chi connectivity index (χ0v) is 14.0. The third-order valence-electron chi connectivity index (χ3n) is 2.99. The van der Waals surface area contributed by atoms with Gasteiger partial charge in [-0.05, 0) is 51.5 Å². The minimum Gasteiger partial charge on any atom is -0.325 e. The Bertz CT molecular complexity index is 630. The Morgan fingerprint density at radius 1 is 1.15 bits per heavy atom. The van der Waals surface area contributed by atoms with Crippen LogP contribution in [0.25, 0.3) is 11.3 Å². The van der Waals surface area contributed by atoms with Crippen molar-refractivity contribution in [3.8, 4) is 11.3 Å². The lowest BCUT2D eigenvalue weighted by Crippen LogP contribution is -2.35. The number of hydrogen-bond donors (Lipinski definition) is 1. The van der Waals surface area contributed by atoms with Gasteiger partial charge in [-0.15, -0.1) is 0 Å². The van der Waals surface area contributed by atoms with Gasteiger partial charge in [0.1, 0.15) is 5.82 Å². The molecule has 0 spiro atoms. The van der Waals surface area contributed by atoms with E-state index in [-0.39, 0.29) is 5.54 Å². The molecule has 2 aromatic rings. The first-order valence-corrected chi connectivity index (χ1v) is 7.44. The van der Waals surface area contributed by atoms with Crippen LogP contribution in [0.5, 0.6) is 0 Å². The maximum atomic E-state index is 6.07. The topological polar surface area (TPSA) is 51.8 Å². The minimum absolute atomic E-state index is 0.308. The summed E-state index contributed by atoms with van der Waals surface area (Å²) in [4.78, 5) is 9.17. The Morgan fingerprint density at radius 2 is 1.85 bits per heavy atom. The molecule has 3 nitrogen and oxygen atoms in total. The van der Waals surface area contributed by atoms with Gasteiger partial charge in [-0.2, -0.15) is 0 Å². The molecule has 2 N–H and O–H groups in total. The number of hydrogen-bond acceptors (Lipinski definition) is 3. The van der Waals surface area contributed by atoms with Crippen molar-refractivity contribution in [2.45, 2.75) is 39.7 Å². The molecule has 0 bridgehead atoms. The highest BCUT2D eigenvalue weighted by molar-refractivity contribution is 9.10. The quantitative estimate of drug-likeness (QED) is 0.929. The van der Waals surface area contributed by atoms with Crippen LogP contribution in [0.1, 0.15) is 30.9 Å². The maximum absolute atomic E-state index is 6.07. The van der Waals surface area contributed by atoms with Gasteiger partial charge in [0.15, 0.2) is 0 Å². The number of aromatic nitrogens is 2. The van der Waals surface area contributed by atoms with Crippen molar-refractivity contribution in [2.75, 3.05) is 0 Å². The molecule has 1 aromatic heterocycles. The number of nitrogens with two attached hydrogens (primary N) is 1. The van der Waals surface area contributed by atoms with Gasteiger partial charge in [0.05, 0.1) is 5.69 Å². The number of halogens is 1. The second kappa shape index (κ2) is 5.62. The van der Waals surface area contributed by atoms with Crippen molar-refractivity contribution < 1.29 is 0 Å². The van der Waals surface area contributed by atoms with Gasteiger partial charge in [-0.3, -0.25) is 0 Å². The fraction of sp³-hybridized carbons (Fsp3) is 0.375. The molecule has 2 rings (SSSR count). The molecular formula is C16H20BrN3. The van der Waals surface area contributed by atoms with E-state index in [2.05, 4.69) is 45.0 Å². The van der Waals surface area contributed by atoms with Crippen molar-refractivity contribution in [2.24, 2.45) is 5.73 Å². The summed E-state index contributed by atoms with van der Waals surface area (Å²) >= 11 is 3.52. The molecule has 0 fully saturated rings. The lowest BCUT2D eigenvalue weighted by Gasteiger charge is -2.18.